The zero-order valence-corrected chi connectivity index (χ0v) is 29.7. The molecule has 7 rings (SSSR count). The molecule has 2 amide bonds. The Balaban J connectivity index is 1.04. The highest BCUT2D eigenvalue weighted by Gasteiger charge is 2.35. The van der Waals surface area contributed by atoms with Crippen LogP contribution in [0.5, 0.6) is 0 Å². The second-order valence-corrected chi connectivity index (χ2v) is 14.4. The molecule has 0 bridgehead atoms. The van der Waals surface area contributed by atoms with Gasteiger partial charge in [-0.15, -0.1) is 0 Å². The van der Waals surface area contributed by atoms with Gasteiger partial charge < -0.3 is 30.2 Å². The van der Waals surface area contributed by atoms with Gasteiger partial charge in [-0.1, -0.05) is 42.8 Å². The topological polar surface area (TPSA) is 133 Å². The fourth-order valence-electron chi connectivity index (χ4n) is 8.00. The average Bonchev–Trinajstić information content (AvgIpc) is 3.49. The van der Waals surface area contributed by atoms with E-state index in [9.17, 15) is 14.4 Å². The number of nitrogens with two attached hydrogens (primary N) is 1. The Morgan fingerprint density at radius 1 is 0.980 bits per heavy atom. The molecule has 4 aromatic rings. The number of hydrogen-bond acceptors (Lipinski definition) is 8. The van der Waals surface area contributed by atoms with Crippen LogP contribution < -0.4 is 11.4 Å². The second-order valence-electron chi connectivity index (χ2n) is 14.0. The Hall–Kier alpha value is -4.13. The van der Waals surface area contributed by atoms with E-state index in [2.05, 4.69) is 26.8 Å². The number of piperidine rings is 2. The Morgan fingerprint density at radius 2 is 1.68 bits per heavy atom. The van der Waals surface area contributed by atoms with E-state index in [-0.39, 0.29) is 24.1 Å². The largest absolute Gasteiger partial charge is 0.436 e. The highest BCUT2D eigenvalue weighted by Crippen LogP contribution is 2.30. The lowest BCUT2D eigenvalue weighted by atomic mass is 10.0. The number of nitrogen functional groups attached to an aromatic ring is 1. The van der Waals surface area contributed by atoms with Crippen LogP contribution in [0.4, 0.5) is 10.5 Å². The molecule has 3 aliphatic rings. The molecule has 13 heteroatoms. The van der Waals surface area contributed by atoms with E-state index in [4.69, 9.17) is 22.1 Å². The van der Waals surface area contributed by atoms with Crippen molar-refractivity contribution in [3.63, 3.8) is 0 Å². The van der Waals surface area contributed by atoms with Crippen LogP contribution in [0.25, 0.3) is 21.9 Å². The van der Waals surface area contributed by atoms with Crippen molar-refractivity contribution in [2.24, 2.45) is 0 Å². The number of pyridine rings is 1. The summed E-state index contributed by atoms with van der Waals surface area (Å²) in [7, 11) is 2.17. The first kappa shape index (κ1) is 34.3. The van der Waals surface area contributed by atoms with Crippen molar-refractivity contribution in [2.75, 3.05) is 65.1 Å². The first-order valence-corrected chi connectivity index (χ1v) is 18.3. The maximum atomic E-state index is 14.1. The standard InChI is InChI=1S/C37H47ClN8O4/c1-3-25-20-24(21-29(38)33(25)39)22-32(35(47)44-18-16-43(17-19-44)26-8-12-42(2)13-9-26)50-37(49)45-14-10-27(11-15-45)46-31-23-40-30-7-5-4-6-28(30)34(31)41-36(46)48/h4-7,20-21,23,26-27,32H,3,8-19,22,39H2,1-2H3,(H,41,48)/t32-/m1/s1. The summed E-state index contributed by atoms with van der Waals surface area (Å²) in [4.78, 5) is 57.0. The number of halogens is 1. The number of amides is 2. The van der Waals surface area contributed by atoms with Crippen molar-refractivity contribution in [3.05, 3.63) is 69.2 Å². The zero-order valence-electron chi connectivity index (χ0n) is 28.9. The Morgan fingerprint density at radius 3 is 2.40 bits per heavy atom. The van der Waals surface area contributed by atoms with Crippen LogP contribution in [0, 0.1) is 0 Å². The Bertz CT molecular complexity index is 1920. The van der Waals surface area contributed by atoms with E-state index in [1.54, 1.807) is 21.7 Å². The van der Waals surface area contributed by atoms with Gasteiger partial charge in [-0.05, 0) is 75.5 Å². The molecule has 12 nitrogen and oxygen atoms in total. The molecule has 0 unspecified atom stereocenters. The summed E-state index contributed by atoms with van der Waals surface area (Å²) in [6.45, 7) is 7.78. The highest BCUT2D eigenvalue weighted by atomic mass is 35.5. The van der Waals surface area contributed by atoms with Gasteiger partial charge in [0.2, 0.25) is 0 Å². The molecule has 0 radical (unpaired) electrons. The zero-order chi connectivity index (χ0) is 34.9. The van der Waals surface area contributed by atoms with Gasteiger partial charge in [-0.3, -0.25) is 19.2 Å². The summed E-state index contributed by atoms with van der Waals surface area (Å²) < 4.78 is 7.86. The SMILES string of the molecule is CCc1cc(C[C@@H](OC(=O)N2CCC(n3c(=O)[nH]c4c5ccccc5ncc43)CC2)C(=O)N2CCN(C3CCN(C)CC3)CC2)cc(Cl)c1N. The third-order valence-corrected chi connectivity index (χ3v) is 11.3. The number of hydrogen-bond donors (Lipinski definition) is 2. The molecule has 3 saturated heterocycles. The van der Waals surface area contributed by atoms with Crippen LogP contribution in [0.15, 0.2) is 47.4 Å². The average molecular weight is 703 g/mol. The number of H-pyrrole nitrogens is 1. The van der Waals surface area contributed by atoms with Crippen LogP contribution in [-0.4, -0.2) is 118 Å². The number of ether oxygens (including phenoxy) is 1. The van der Waals surface area contributed by atoms with Crippen LogP contribution in [0.3, 0.4) is 0 Å². The highest BCUT2D eigenvalue weighted by molar-refractivity contribution is 6.33. The van der Waals surface area contributed by atoms with Crippen LogP contribution in [-0.2, 0) is 22.4 Å². The summed E-state index contributed by atoms with van der Waals surface area (Å²) in [5.74, 6) is -0.188. The third kappa shape index (κ3) is 6.93. The Kier molecular flexibility index (Phi) is 10.0. The lowest BCUT2D eigenvalue weighted by molar-refractivity contribution is -0.143. The minimum Gasteiger partial charge on any atom is -0.436 e. The number of carbonyl (C=O) groups excluding carboxylic acids is 2. The van der Waals surface area contributed by atoms with Crippen molar-refractivity contribution in [1.29, 1.82) is 0 Å². The summed E-state index contributed by atoms with van der Waals surface area (Å²) in [6.07, 6.45) is 4.53. The molecule has 0 spiro atoms. The number of nitrogens with one attached hydrogen (secondary N) is 1. The lowest BCUT2D eigenvalue weighted by Crippen LogP contribution is -2.56. The predicted molar refractivity (Wildman–Crippen MR) is 196 cm³/mol. The number of likely N-dealkylation sites (tertiary alicyclic amines) is 2. The number of benzene rings is 2. The van der Waals surface area contributed by atoms with E-state index in [1.165, 1.54) is 0 Å². The van der Waals surface area contributed by atoms with E-state index >= 15 is 0 Å². The number of aromatic nitrogens is 3. The molecule has 1 atom stereocenters. The minimum absolute atomic E-state index is 0.106. The van der Waals surface area contributed by atoms with Crippen LogP contribution >= 0.6 is 11.6 Å². The van der Waals surface area contributed by atoms with Gasteiger partial charge in [-0.25, -0.2) is 9.59 Å². The first-order valence-electron chi connectivity index (χ1n) is 17.9. The van der Waals surface area contributed by atoms with Crippen LogP contribution in [0.1, 0.15) is 49.8 Å². The van der Waals surface area contributed by atoms with E-state index in [0.29, 0.717) is 62.2 Å². The predicted octanol–water partition coefficient (Wildman–Crippen LogP) is 4.30. The normalized spacial score (nSPS) is 19.3. The maximum Gasteiger partial charge on any atom is 0.410 e. The molecule has 50 heavy (non-hydrogen) atoms. The van der Waals surface area contributed by atoms with Gasteiger partial charge in [0.05, 0.1) is 33.5 Å². The van der Waals surface area contributed by atoms with Crippen molar-refractivity contribution in [2.45, 2.75) is 63.6 Å². The second kappa shape index (κ2) is 14.6. The fraction of sp³-hybridized carbons (Fsp3) is 0.514. The molecule has 266 valence electrons. The number of anilines is 1. The summed E-state index contributed by atoms with van der Waals surface area (Å²) >= 11 is 6.49. The monoisotopic (exact) mass is 702 g/mol. The van der Waals surface area contributed by atoms with Crippen molar-refractivity contribution >= 4 is 51.2 Å². The van der Waals surface area contributed by atoms with Crippen molar-refractivity contribution in [3.8, 4) is 0 Å². The van der Waals surface area contributed by atoms with Gasteiger partial charge in [0.25, 0.3) is 5.91 Å². The number of rotatable bonds is 7. The third-order valence-electron chi connectivity index (χ3n) is 11.0. The smallest absolute Gasteiger partial charge is 0.410 e. The molecule has 3 aliphatic heterocycles. The molecular formula is C37H47ClN8O4. The van der Waals surface area contributed by atoms with E-state index in [0.717, 1.165) is 72.1 Å². The number of fused-ring (bicyclic) bond motifs is 3. The van der Waals surface area contributed by atoms with E-state index < -0.39 is 12.2 Å². The quantitative estimate of drug-likeness (QED) is 0.273. The molecule has 0 aliphatic carbocycles. The number of nitrogens with zero attached hydrogens (tertiary/aromatic N) is 6. The van der Waals surface area contributed by atoms with Gasteiger partial charge in [-0.2, -0.15) is 0 Å². The van der Waals surface area contributed by atoms with Gasteiger partial charge >= 0.3 is 11.8 Å². The lowest BCUT2D eigenvalue weighted by Gasteiger charge is -2.42. The molecule has 3 fully saturated rings. The fourth-order valence-corrected chi connectivity index (χ4v) is 8.26. The molecule has 0 saturated carbocycles. The molecular weight excluding hydrogens is 656 g/mol. The van der Waals surface area contributed by atoms with Crippen LogP contribution in [0.2, 0.25) is 5.02 Å². The molecule has 5 heterocycles. The Labute approximate surface area is 297 Å². The summed E-state index contributed by atoms with van der Waals surface area (Å²) in [5.41, 5.74) is 10.6. The summed E-state index contributed by atoms with van der Waals surface area (Å²) in [5, 5.41) is 1.33. The van der Waals surface area contributed by atoms with Gasteiger partial charge in [0.15, 0.2) is 6.10 Å². The molecule has 2 aromatic heterocycles. The molecule has 2 aromatic carbocycles. The van der Waals surface area contributed by atoms with Gasteiger partial charge in [0, 0.05) is 63.2 Å². The van der Waals surface area contributed by atoms with Gasteiger partial charge in [0.1, 0.15) is 0 Å². The van der Waals surface area contributed by atoms with Crippen molar-refractivity contribution in [1.82, 2.24) is 34.1 Å². The number of imidazole rings is 1. The number of aromatic amines is 1. The number of carbonyl (C=O) groups is 2. The van der Waals surface area contributed by atoms with Crippen molar-refractivity contribution < 1.29 is 14.3 Å². The van der Waals surface area contributed by atoms with E-state index in [1.807, 2.05) is 42.2 Å². The maximum absolute atomic E-state index is 14.1. The first-order chi connectivity index (χ1) is 24.2. The number of piperazine rings is 1. The summed E-state index contributed by atoms with van der Waals surface area (Å²) in [6, 6.07) is 11.9. The number of para-hydroxylation sites is 1. The molecule has 3 N–H and O–H groups in total. The number of aryl methyl sites for hydroxylation is 1. The minimum atomic E-state index is -1.00.